The van der Waals surface area contributed by atoms with Crippen molar-refractivity contribution >= 4 is 11.6 Å². The zero-order chi connectivity index (χ0) is 19.3. The summed E-state index contributed by atoms with van der Waals surface area (Å²) in [5.74, 6) is 1.40. The van der Waals surface area contributed by atoms with Crippen LogP contribution >= 0.6 is 11.6 Å². The van der Waals surface area contributed by atoms with Crippen LogP contribution in [0.1, 0.15) is 32.8 Å². The molecule has 1 aromatic carbocycles. The van der Waals surface area contributed by atoms with E-state index in [-0.39, 0.29) is 12.0 Å². The zero-order valence-corrected chi connectivity index (χ0v) is 17.5. The van der Waals surface area contributed by atoms with Gasteiger partial charge in [0.2, 0.25) is 0 Å². The molecule has 1 aromatic rings. The van der Waals surface area contributed by atoms with Crippen molar-refractivity contribution < 1.29 is 14.6 Å². The van der Waals surface area contributed by atoms with Crippen molar-refractivity contribution in [3.05, 3.63) is 22.7 Å². The number of rotatable bonds is 7. The summed E-state index contributed by atoms with van der Waals surface area (Å²) < 4.78 is 11.0. The number of hydrogen-bond acceptors (Lipinski definition) is 5. The first kappa shape index (κ1) is 21.3. The minimum absolute atomic E-state index is 0.216. The lowest BCUT2D eigenvalue weighted by Gasteiger charge is -2.44. The van der Waals surface area contributed by atoms with Crippen molar-refractivity contribution in [2.45, 2.75) is 39.8 Å². The summed E-state index contributed by atoms with van der Waals surface area (Å²) in [7, 11) is 3.28. The Labute approximate surface area is 162 Å². The number of hydrogen-bond donors (Lipinski definition) is 1. The van der Waals surface area contributed by atoms with Gasteiger partial charge in [0.1, 0.15) is 0 Å². The van der Waals surface area contributed by atoms with Gasteiger partial charge in [-0.25, -0.2) is 0 Å². The highest BCUT2D eigenvalue weighted by molar-refractivity contribution is 6.30. The van der Waals surface area contributed by atoms with Gasteiger partial charge in [0.05, 0.1) is 14.2 Å². The number of aliphatic hydroxyl groups is 1. The van der Waals surface area contributed by atoms with Crippen LogP contribution in [0.25, 0.3) is 0 Å². The topological polar surface area (TPSA) is 45.2 Å². The van der Waals surface area contributed by atoms with E-state index in [1.54, 1.807) is 20.3 Å². The monoisotopic (exact) mass is 384 g/mol. The Morgan fingerprint density at radius 3 is 2.50 bits per heavy atom. The molecular weight excluding hydrogens is 352 g/mol. The lowest BCUT2D eigenvalue weighted by atomic mass is 9.94. The van der Waals surface area contributed by atoms with E-state index in [1.165, 1.54) is 0 Å². The van der Waals surface area contributed by atoms with Crippen LogP contribution in [0, 0.1) is 5.41 Å². The molecule has 2 rings (SSSR count). The molecule has 0 saturated carbocycles. The molecule has 1 N–H and O–H groups in total. The molecule has 0 aliphatic carbocycles. The molecule has 1 heterocycles. The van der Waals surface area contributed by atoms with Crippen LogP contribution in [-0.4, -0.2) is 68.0 Å². The average molecular weight is 385 g/mol. The molecule has 5 nitrogen and oxygen atoms in total. The van der Waals surface area contributed by atoms with Crippen LogP contribution in [0.5, 0.6) is 11.5 Å². The van der Waals surface area contributed by atoms with Gasteiger partial charge in [-0.15, -0.1) is 0 Å². The van der Waals surface area contributed by atoms with E-state index >= 15 is 0 Å². The standard InChI is InChI=1S/C20H33ClN2O3/c1-20(2,3)14-23-8-7-22(13-17(23)6-9-24)12-15-10-16(21)11-18(25-4)19(15)26-5/h10-11,17,24H,6-9,12-14H2,1-5H3. The number of methoxy groups -OCH3 is 2. The quantitative estimate of drug-likeness (QED) is 0.781. The summed E-state index contributed by atoms with van der Waals surface area (Å²) in [6.07, 6.45) is 0.794. The lowest BCUT2D eigenvalue weighted by molar-refractivity contribution is 0.0337. The van der Waals surface area contributed by atoms with Gasteiger partial charge in [0, 0.05) is 62.0 Å². The largest absolute Gasteiger partial charge is 0.493 e. The summed E-state index contributed by atoms with van der Waals surface area (Å²) in [6, 6.07) is 4.09. The first-order valence-corrected chi connectivity index (χ1v) is 9.63. The molecule has 0 bridgehead atoms. The number of benzene rings is 1. The molecule has 26 heavy (non-hydrogen) atoms. The highest BCUT2D eigenvalue weighted by atomic mass is 35.5. The van der Waals surface area contributed by atoms with Crippen LogP contribution in [-0.2, 0) is 6.54 Å². The molecule has 0 amide bonds. The molecule has 0 aromatic heterocycles. The van der Waals surface area contributed by atoms with Gasteiger partial charge < -0.3 is 14.6 Å². The summed E-state index contributed by atoms with van der Waals surface area (Å²) in [5.41, 5.74) is 1.28. The third kappa shape index (κ3) is 5.74. The maximum Gasteiger partial charge on any atom is 0.165 e. The van der Waals surface area contributed by atoms with Crippen molar-refractivity contribution in [2.24, 2.45) is 5.41 Å². The number of halogens is 1. The van der Waals surface area contributed by atoms with Crippen LogP contribution in [0.15, 0.2) is 12.1 Å². The predicted molar refractivity (Wildman–Crippen MR) is 106 cm³/mol. The van der Waals surface area contributed by atoms with Crippen molar-refractivity contribution in [3.63, 3.8) is 0 Å². The molecular formula is C20H33ClN2O3. The summed E-state index contributed by atoms with van der Waals surface area (Å²) >= 11 is 6.25. The van der Waals surface area contributed by atoms with Gasteiger partial charge in [-0.2, -0.15) is 0 Å². The molecule has 1 fully saturated rings. The lowest BCUT2D eigenvalue weighted by Crippen LogP contribution is -2.54. The molecule has 1 aliphatic heterocycles. The molecule has 148 valence electrons. The Hall–Kier alpha value is -1.01. The maximum absolute atomic E-state index is 9.50. The second-order valence-electron chi connectivity index (χ2n) is 8.23. The molecule has 1 unspecified atom stereocenters. The van der Waals surface area contributed by atoms with E-state index in [4.69, 9.17) is 21.1 Å². The molecule has 0 spiro atoms. The minimum Gasteiger partial charge on any atom is -0.493 e. The Balaban J connectivity index is 2.13. The van der Waals surface area contributed by atoms with Gasteiger partial charge in [-0.3, -0.25) is 9.80 Å². The van der Waals surface area contributed by atoms with Crippen LogP contribution < -0.4 is 9.47 Å². The number of ether oxygens (including phenoxy) is 2. The molecule has 6 heteroatoms. The van der Waals surface area contributed by atoms with Crippen molar-refractivity contribution in [1.29, 1.82) is 0 Å². The normalized spacial score (nSPS) is 19.6. The Kier molecular flexibility index (Phi) is 7.59. The Morgan fingerprint density at radius 2 is 1.92 bits per heavy atom. The summed E-state index contributed by atoms with van der Waals surface area (Å²) in [5, 5.41) is 10.1. The van der Waals surface area contributed by atoms with Crippen molar-refractivity contribution in [2.75, 3.05) is 47.0 Å². The number of aliphatic hydroxyl groups excluding tert-OH is 1. The van der Waals surface area contributed by atoms with Gasteiger partial charge in [-0.05, 0) is 17.9 Å². The second kappa shape index (κ2) is 9.27. The van der Waals surface area contributed by atoms with Gasteiger partial charge in [-0.1, -0.05) is 32.4 Å². The van der Waals surface area contributed by atoms with Crippen LogP contribution in [0.2, 0.25) is 5.02 Å². The first-order chi connectivity index (χ1) is 12.3. The minimum atomic E-state index is 0.216. The van der Waals surface area contributed by atoms with E-state index in [2.05, 4.69) is 30.6 Å². The van der Waals surface area contributed by atoms with Crippen molar-refractivity contribution in [1.82, 2.24) is 9.80 Å². The second-order valence-corrected chi connectivity index (χ2v) is 8.67. The van der Waals surface area contributed by atoms with E-state index in [1.807, 2.05) is 6.07 Å². The fourth-order valence-corrected chi connectivity index (χ4v) is 3.94. The van der Waals surface area contributed by atoms with Crippen molar-refractivity contribution in [3.8, 4) is 11.5 Å². The van der Waals surface area contributed by atoms with Gasteiger partial charge in [0.15, 0.2) is 11.5 Å². The average Bonchev–Trinajstić information content (AvgIpc) is 2.55. The first-order valence-electron chi connectivity index (χ1n) is 9.25. The summed E-state index contributed by atoms with van der Waals surface area (Å²) in [4.78, 5) is 4.93. The van der Waals surface area contributed by atoms with Gasteiger partial charge >= 0.3 is 0 Å². The third-order valence-corrected chi connectivity index (χ3v) is 4.96. The zero-order valence-electron chi connectivity index (χ0n) is 16.7. The smallest absolute Gasteiger partial charge is 0.165 e. The molecule has 1 atom stereocenters. The number of nitrogens with zero attached hydrogens (tertiary/aromatic N) is 2. The Bertz CT molecular complexity index is 589. The third-order valence-electron chi connectivity index (χ3n) is 4.74. The maximum atomic E-state index is 9.50. The highest BCUT2D eigenvalue weighted by Crippen LogP contribution is 2.35. The van der Waals surface area contributed by atoms with Gasteiger partial charge in [0.25, 0.3) is 0 Å². The van der Waals surface area contributed by atoms with E-state index in [9.17, 15) is 5.11 Å². The fraction of sp³-hybridized carbons (Fsp3) is 0.700. The fourth-order valence-electron chi connectivity index (χ4n) is 3.71. The SMILES string of the molecule is COc1cc(Cl)cc(CN2CCN(CC(C)(C)C)C(CCO)C2)c1OC. The van der Waals surface area contributed by atoms with E-state index < -0.39 is 0 Å². The molecule has 0 radical (unpaired) electrons. The highest BCUT2D eigenvalue weighted by Gasteiger charge is 2.30. The van der Waals surface area contributed by atoms with Crippen LogP contribution in [0.4, 0.5) is 0 Å². The predicted octanol–water partition coefficient (Wildman–Crippen LogP) is 3.27. The molecule has 1 aliphatic rings. The number of piperazine rings is 1. The Morgan fingerprint density at radius 1 is 1.19 bits per heavy atom. The van der Waals surface area contributed by atoms with E-state index in [0.717, 1.165) is 50.5 Å². The summed E-state index contributed by atoms with van der Waals surface area (Å²) in [6.45, 7) is 11.7. The van der Waals surface area contributed by atoms with Crippen LogP contribution in [0.3, 0.4) is 0 Å². The molecule has 1 saturated heterocycles. The van der Waals surface area contributed by atoms with E-state index in [0.29, 0.717) is 16.8 Å².